The second-order valence-corrected chi connectivity index (χ2v) is 16.6. The summed E-state index contributed by atoms with van der Waals surface area (Å²) < 4.78 is 0. The molecule has 288 valence electrons. The van der Waals surface area contributed by atoms with Gasteiger partial charge in [-0.05, 0) is 184 Å². The molecule has 12 aromatic carbocycles. The van der Waals surface area contributed by atoms with Crippen LogP contribution >= 0.6 is 0 Å². The Morgan fingerprint density at radius 2 is 0.484 bits per heavy atom. The second kappa shape index (κ2) is 13.7. The van der Waals surface area contributed by atoms with Gasteiger partial charge in [0.2, 0.25) is 0 Å². The zero-order valence-corrected chi connectivity index (χ0v) is 33.8. The summed E-state index contributed by atoms with van der Waals surface area (Å²) in [6, 6.07) is 84.8. The average Bonchev–Trinajstić information content (AvgIpc) is 3.33. The van der Waals surface area contributed by atoms with E-state index in [9.17, 15) is 0 Å². The van der Waals surface area contributed by atoms with E-state index in [-0.39, 0.29) is 0 Å². The third-order valence-corrected chi connectivity index (χ3v) is 13.0. The SMILES string of the molecule is c1ccc(N(c2ccc3cc4c(cc3c2)-c2cc3cc(N(c5ccccc5)c5ccc6c(ccc7ccccc76)c5)ccc3cc2-4)c2ccc3c(ccc4ccccc43)c2)cc1. The molecule has 2 nitrogen and oxygen atoms in total. The Balaban J connectivity index is 0.894. The lowest BCUT2D eigenvalue weighted by Crippen LogP contribution is -2.10. The molecule has 62 heavy (non-hydrogen) atoms. The maximum Gasteiger partial charge on any atom is 0.0468 e. The molecule has 0 fully saturated rings. The van der Waals surface area contributed by atoms with Gasteiger partial charge in [0.25, 0.3) is 0 Å². The maximum atomic E-state index is 2.40. The van der Waals surface area contributed by atoms with Crippen LogP contribution in [0.5, 0.6) is 0 Å². The normalized spacial score (nSPS) is 11.9. The first-order valence-corrected chi connectivity index (χ1v) is 21.4. The van der Waals surface area contributed by atoms with Crippen molar-refractivity contribution in [3.05, 3.63) is 231 Å². The van der Waals surface area contributed by atoms with Gasteiger partial charge < -0.3 is 9.80 Å². The fourth-order valence-electron chi connectivity index (χ4n) is 10.0. The molecule has 0 radical (unpaired) electrons. The number of anilines is 6. The second-order valence-electron chi connectivity index (χ2n) is 16.6. The lowest BCUT2D eigenvalue weighted by atomic mass is 9.78. The summed E-state index contributed by atoms with van der Waals surface area (Å²) in [5.74, 6) is 0. The largest absolute Gasteiger partial charge is 0.310 e. The van der Waals surface area contributed by atoms with Gasteiger partial charge in [-0.2, -0.15) is 0 Å². The summed E-state index contributed by atoms with van der Waals surface area (Å²) in [5.41, 5.74) is 12.1. The van der Waals surface area contributed by atoms with Crippen LogP contribution in [0.2, 0.25) is 0 Å². The standard InChI is InChI=1S/C60H38N2/c1-3-13-47(14-4-1)61(51-27-29-55-43(31-51)21-19-39-11-7-9-17-53(39)55)49-25-23-41-35-57-58-36-42-24-26-50(34-46(42)38-60(58)59(57)37-45(41)33-49)62(48-15-5-2-6-16-48)52-28-30-56-44(32-52)22-20-40-12-8-10-18-54(40)56/h1-38H. The van der Waals surface area contributed by atoms with Crippen molar-refractivity contribution in [3.8, 4) is 22.3 Å². The van der Waals surface area contributed by atoms with Crippen LogP contribution in [0, 0.1) is 0 Å². The van der Waals surface area contributed by atoms with E-state index in [1.807, 2.05) is 0 Å². The minimum absolute atomic E-state index is 1.13. The Hall–Kier alpha value is -8.20. The first-order valence-electron chi connectivity index (χ1n) is 21.4. The van der Waals surface area contributed by atoms with Crippen molar-refractivity contribution in [2.45, 2.75) is 0 Å². The molecular weight excluding hydrogens is 749 g/mol. The van der Waals surface area contributed by atoms with E-state index in [2.05, 4.69) is 240 Å². The monoisotopic (exact) mass is 786 g/mol. The summed E-state index contributed by atoms with van der Waals surface area (Å²) in [6.07, 6.45) is 0. The zero-order valence-electron chi connectivity index (χ0n) is 33.8. The van der Waals surface area contributed by atoms with E-state index in [0.717, 1.165) is 34.1 Å². The fraction of sp³-hybridized carbons (Fsp3) is 0. The van der Waals surface area contributed by atoms with Crippen molar-refractivity contribution in [2.24, 2.45) is 0 Å². The van der Waals surface area contributed by atoms with Gasteiger partial charge in [-0.25, -0.2) is 0 Å². The Morgan fingerprint density at radius 1 is 0.177 bits per heavy atom. The highest BCUT2D eigenvalue weighted by Gasteiger charge is 2.25. The summed E-state index contributed by atoms with van der Waals surface area (Å²) in [5, 5.41) is 15.0. The Labute approximate surface area is 359 Å². The van der Waals surface area contributed by atoms with Crippen molar-refractivity contribution in [2.75, 3.05) is 9.80 Å². The first-order chi connectivity index (χ1) is 30.7. The van der Waals surface area contributed by atoms with Crippen LogP contribution < -0.4 is 9.80 Å². The average molecular weight is 787 g/mol. The van der Waals surface area contributed by atoms with Crippen LogP contribution in [0.25, 0.3) is 86.9 Å². The number of hydrogen-bond donors (Lipinski definition) is 0. The number of para-hydroxylation sites is 2. The summed E-state index contributed by atoms with van der Waals surface area (Å²) in [6.45, 7) is 0. The molecule has 0 heterocycles. The molecule has 0 spiro atoms. The third kappa shape index (κ3) is 5.51. The van der Waals surface area contributed by atoms with E-state index in [1.54, 1.807) is 0 Å². The van der Waals surface area contributed by atoms with Crippen LogP contribution in [0.4, 0.5) is 34.1 Å². The topological polar surface area (TPSA) is 6.48 Å². The van der Waals surface area contributed by atoms with Gasteiger partial charge in [0, 0.05) is 34.1 Å². The van der Waals surface area contributed by atoms with Gasteiger partial charge in [-0.3, -0.25) is 0 Å². The molecule has 13 rings (SSSR count). The van der Waals surface area contributed by atoms with Gasteiger partial charge in [0.1, 0.15) is 0 Å². The molecule has 1 aliphatic carbocycles. The highest BCUT2D eigenvalue weighted by atomic mass is 15.1. The van der Waals surface area contributed by atoms with Gasteiger partial charge in [0.15, 0.2) is 0 Å². The predicted molar refractivity (Wildman–Crippen MR) is 265 cm³/mol. The van der Waals surface area contributed by atoms with Crippen LogP contribution in [-0.2, 0) is 0 Å². The molecule has 0 bridgehead atoms. The Morgan fingerprint density at radius 3 is 0.919 bits per heavy atom. The number of rotatable bonds is 6. The molecular formula is C60H38N2. The van der Waals surface area contributed by atoms with E-state index in [1.165, 1.54) is 86.9 Å². The van der Waals surface area contributed by atoms with Crippen molar-refractivity contribution in [1.29, 1.82) is 0 Å². The molecule has 0 N–H and O–H groups in total. The van der Waals surface area contributed by atoms with Gasteiger partial charge in [-0.1, -0.05) is 133 Å². The van der Waals surface area contributed by atoms with Crippen molar-refractivity contribution in [3.63, 3.8) is 0 Å². The fourth-order valence-corrected chi connectivity index (χ4v) is 10.0. The quantitative estimate of drug-likeness (QED) is 0.155. The van der Waals surface area contributed by atoms with E-state index >= 15 is 0 Å². The lowest BCUT2D eigenvalue weighted by Gasteiger charge is -2.29. The number of benzene rings is 12. The Kier molecular flexibility index (Phi) is 7.64. The maximum absolute atomic E-state index is 2.40. The van der Waals surface area contributed by atoms with E-state index in [0.29, 0.717) is 0 Å². The van der Waals surface area contributed by atoms with Crippen molar-refractivity contribution >= 4 is 98.8 Å². The molecule has 0 unspecified atom stereocenters. The van der Waals surface area contributed by atoms with E-state index in [4.69, 9.17) is 0 Å². The highest BCUT2D eigenvalue weighted by Crippen LogP contribution is 2.51. The van der Waals surface area contributed by atoms with Gasteiger partial charge >= 0.3 is 0 Å². The lowest BCUT2D eigenvalue weighted by molar-refractivity contribution is 1.29. The minimum Gasteiger partial charge on any atom is -0.310 e. The molecule has 0 saturated carbocycles. The van der Waals surface area contributed by atoms with Crippen molar-refractivity contribution in [1.82, 2.24) is 0 Å². The van der Waals surface area contributed by atoms with Crippen molar-refractivity contribution < 1.29 is 0 Å². The Bertz CT molecular complexity index is 3510. The van der Waals surface area contributed by atoms with Crippen LogP contribution in [0.1, 0.15) is 0 Å². The van der Waals surface area contributed by atoms with Gasteiger partial charge in [-0.15, -0.1) is 0 Å². The van der Waals surface area contributed by atoms with Crippen LogP contribution in [-0.4, -0.2) is 0 Å². The number of hydrogen-bond acceptors (Lipinski definition) is 2. The molecule has 2 heteroatoms. The number of fused-ring (bicyclic) bond motifs is 12. The minimum atomic E-state index is 1.13. The first kappa shape index (κ1) is 34.6. The van der Waals surface area contributed by atoms with Crippen LogP contribution in [0.3, 0.4) is 0 Å². The molecule has 0 saturated heterocycles. The van der Waals surface area contributed by atoms with E-state index < -0.39 is 0 Å². The molecule has 0 amide bonds. The predicted octanol–water partition coefficient (Wildman–Crippen LogP) is 17.2. The highest BCUT2D eigenvalue weighted by molar-refractivity contribution is 6.14. The number of nitrogens with zero attached hydrogens (tertiary/aromatic N) is 2. The van der Waals surface area contributed by atoms with Gasteiger partial charge in [0.05, 0.1) is 0 Å². The molecule has 0 aromatic heterocycles. The molecule has 0 atom stereocenters. The van der Waals surface area contributed by atoms with Crippen LogP contribution in [0.15, 0.2) is 231 Å². The molecule has 0 aliphatic heterocycles. The third-order valence-electron chi connectivity index (χ3n) is 13.0. The summed E-state index contributed by atoms with van der Waals surface area (Å²) in [7, 11) is 0. The molecule has 12 aromatic rings. The molecule has 1 aliphatic rings. The zero-order chi connectivity index (χ0) is 40.7. The summed E-state index contributed by atoms with van der Waals surface area (Å²) in [4.78, 5) is 4.76. The summed E-state index contributed by atoms with van der Waals surface area (Å²) >= 11 is 0. The smallest absolute Gasteiger partial charge is 0.0468 e.